The lowest BCUT2D eigenvalue weighted by molar-refractivity contribution is -0.274. The number of halogens is 3. The van der Waals surface area contributed by atoms with Crippen LogP contribution in [0.15, 0.2) is 48.1 Å². The van der Waals surface area contributed by atoms with Crippen molar-refractivity contribution in [3.05, 3.63) is 53.6 Å². The maximum absolute atomic E-state index is 12.2. The van der Waals surface area contributed by atoms with E-state index in [4.69, 9.17) is 0 Å². The molecule has 0 fully saturated rings. The largest absolute Gasteiger partial charge is 0.573 e. The number of benzene rings is 1. The highest BCUT2D eigenvalue weighted by Gasteiger charge is 2.31. The zero-order valence-corrected chi connectivity index (χ0v) is 14.1. The maximum Gasteiger partial charge on any atom is 0.573 e. The van der Waals surface area contributed by atoms with Gasteiger partial charge in [-0.2, -0.15) is 0 Å². The molecule has 0 aromatic heterocycles. The molecule has 0 heterocycles. The van der Waals surface area contributed by atoms with E-state index in [1.54, 1.807) is 7.05 Å². The topological polar surface area (TPSA) is 29.5 Å². The molecule has 1 aromatic carbocycles. The Morgan fingerprint density at radius 1 is 1.17 bits per heavy atom. The second-order valence-electron chi connectivity index (χ2n) is 4.99. The Bertz CT molecular complexity index is 589. The summed E-state index contributed by atoms with van der Waals surface area (Å²) in [5.41, 5.74) is 1.37. The predicted octanol–water partition coefficient (Wildman–Crippen LogP) is 4.96. The molecule has 3 nitrogen and oxygen atoms in total. The summed E-state index contributed by atoms with van der Waals surface area (Å²) in [7, 11) is 1.66. The summed E-state index contributed by atoms with van der Waals surface area (Å²) >= 11 is 0. The summed E-state index contributed by atoms with van der Waals surface area (Å²) in [6, 6.07) is 4.92. The zero-order chi connectivity index (χ0) is 18.2. The minimum atomic E-state index is -4.73. The van der Waals surface area contributed by atoms with Crippen LogP contribution in [0.25, 0.3) is 0 Å². The van der Waals surface area contributed by atoms with Gasteiger partial charge in [-0.1, -0.05) is 32.1 Å². The van der Waals surface area contributed by atoms with Crippen LogP contribution < -0.4 is 4.74 Å². The van der Waals surface area contributed by atoms with Crippen LogP contribution in [0.5, 0.6) is 5.75 Å². The van der Waals surface area contributed by atoms with Crippen LogP contribution in [0.4, 0.5) is 13.2 Å². The smallest absolute Gasteiger partial charge is 0.406 e. The number of rotatable bonds is 4. The molecule has 6 heteroatoms. The fourth-order valence-corrected chi connectivity index (χ4v) is 2.15. The van der Waals surface area contributed by atoms with E-state index >= 15 is 0 Å². The van der Waals surface area contributed by atoms with Crippen LogP contribution in [0.2, 0.25) is 0 Å². The molecule has 24 heavy (non-hydrogen) atoms. The molecule has 1 amide bonds. The van der Waals surface area contributed by atoms with Gasteiger partial charge in [0, 0.05) is 19.2 Å². The van der Waals surface area contributed by atoms with Crippen molar-refractivity contribution in [1.29, 1.82) is 0 Å². The van der Waals surface area contributed by atoms with Crippen molar-refractivity contribution >= 4 is 5.91 Å². The number of alkyl halides is 3. The summed E-state index contributed by atoms with van der Waals surface area (Å²) in [5, 5.41) is 0. The number of allylic oxidation sites excluding steroid dienone is 2. The average molecular weight is 341 g/mol. The first-order chi connectivity index (χ1) is 11.3. The van der Waals surface area contributed by atoms with Crippen LogP contribution >= 0.6 is 0 Å². The van der Waals surface area contributed by atoms with Crippen LogP contribution in [0.1, 0.15) is 37.0 Å². The molecule has 0 spiro atoms. The van der Waals surface area contributed by atoms with Crippen molar-refractivity contribution in [2.75, 3.05) is 13.6 Å². The molecule has 132 valence electrons. The molecule has 0 radical (unpaired) electrons. The number of hydrogen-bond acceptors (Lipinski definition) is 2. The summed E-state index contributed by atoms with van der Waals surface area (Å²) in [6.45, 7) is 4.47. The van der Waals surface area contributed by atoms with Gasteiger partial charge in [-0.05, 0) is 42.7 Å². The minimum Gasteiger partial charge on any atom is -0.406 e. The van der Waals surface area contributed by atoms with Crippen molar-refractivity contribution in [2.45, 2.75) is 33.1 Å². The molecule has 0 atom stereocenters. The molecule has 0 saturated heterocycles. The third kappa shape index (κ3) is 6.48. The molecule has 0 unspecified atom stereocenters. The molecule has 0 bridgehead atoms. The number of ether oxygens (including phenoxy) is 1. The highest BCUT2D eigenvalue weighted by molar-refractivity contribution is 5.94. The van der Waals surface area contributed by atoms with Gasteiger partial charge < -0.3 is 9.64 Å². The second kappa shape index (κ2) is 9.15. The van der Waals surface area contributed by atoms with Crippen LogP contribution in [0.3, 0.4) is 0 Å². The molecular formula is C18H22F3NO2. The first-order valence-electron chi connectivity index (χ1n) is 7.82. The van der Waals surface area contributed by atoms with E-state index in [0.29, 0.717) is 12.1 Å². The Hall–Kier alpha value is -2.24. The Morgan fingerprint density at radius 2 is 1.79 bits per heavy atom. The highest BCUT2D eigenvalue weighted by Crippen LogP contribution is 2.23. The van der Waals surface area contributed by atoms with Crippen LogP contribution in [-0.4, -0.2) is 30.8 Å². The maximum atomic E-state index is 12.2. The van der Waals surface area contributed by atoms with E-state index < -0.39 is 6.36 Å². The zero-order valence-electron chi connectivity index (χ0n) is 14.1. The number of amides is 1. The molecule has 1 aliphatic rings. The van der Waals surface area contributed by atoms with Crippen molar-refractivity contribution in [3.63, 3.8) is 0 Å². The summed E-state index contributed by atoms with van der Waals surface area (Å²) in [5.74, 6) is -0.594. The lowest BCUT2D eigenvalue weighted by Gasteiger charge is -2.19. The summed E-state index contributed by atoms with van der Waals surface area (Å²) in [4.78, 5) is 13.8. The first kappa shape index (κ1) is 19.8. The van der Waals surface area contributed by atoms with Crippen molar-refractivity contribution in [1.82, 2.24) is 4.90 Å². The third-order valence-corrected chi connectivity index (χ3v) is 3.17. The van der Waals surface area contributed by atoms with Crippen molar-refractivity contribution in [2.24, 2.45) is 0 Å². The van der Waals surface area contributed by atoms with Gasteiger partial charge in [0.05, 0.1) is 0 Å². The number of carbonyl (C=O) groups excluding carboxylic acids is 1. The molecule has 0 N–H and O–H groups in total. The SMILES string of the molecule is CC.CN(CC1=CCCC=C1)C(=O)c1ccc(OC(F)(F)F)cc1. The van der Waals surface area contributed by atoms with Gasteiger partial charge in [-0.25, -0.2) is 0 Å². The van der Waals surface area contributed by atoms with Gasteiger partial charge in [0.15, 0.2) is 0 Å². The molecule has 0 saturated carbocycles. The molecule has 1 aliphatic carbocycles. The second-order valence-corrected chi connectivity index (χ2v) is 4.99. The molecule has 0 aliphatic heterocycles. The van der Waals surface area contributed by atoms with Gasteiger partial charge in [-0.3, -0.25) is 4.79 Å². The van der Waals surface area contributed by atoms with E-state index in [1.807, 2.05) is 19.9 Å². The Morgan fingerprint density at radius 3 is 2.29 bits per heavy atom. The number of hydrogen-bond donors (Lipinski definition) is 0. The highest BCUT2D eigenvalue weighted by atomic mass is 19.4. The fourth-order valence-electron chi connectivity index (χ4n) is 2.15. The monoisotopic (exact) mass is 341 g/mol. The first-order valence-corrected chi connectivity index (χ1v) is 7.82. The van der Waals surface area contributed by atoms with E-state index in [2.05, 4.69) is 16.9 Å². The minimum absolute atomic E-state index is 0.251. The van der Waals surface area contributed by atoms with Gasteiger partial charge in [-0.15, -0.1) is 13.2 Å². The van der Waals surface area contributed by atoms with Crippen LogP contribution in [0, 0.1) is 0 Å². The van der Waals surface area contributed by atoms with Gasteiger partial charge in [0.2, 0.25) is 0 Å². The Labute approximate surface area is 140 Å². The summed E-state index contributed by atoms with van der Waals surface area (Å²) in [6.07, 6.45) is 3.33. The van der Waals surface area contributed by atoms with E-state index in [-0.39, 0.29) is 11.7 Å². The number of nitrogens with zero attached hydrogens (tertiary/aromatic N) is 1. The van der Waals surface area contributed by atoms with E-state index in [9.17, 15) is 18.0 Å². The predicted molar refractivity (Wildman–Crippen MR) is 87.9 cm³/mol. The standard InChI is InChI=1S/C16H16F3NO2.C2H6/c1-20(11-12-5-3-2-4-6-12)15(21)13-7-9-14(10-8-13)22-16(17,18)19;1-2/h3,5-10H,2,4,11H2,1H3;1-2H3. The normalized spacial score (nSPS) is 13.5. The number of likely N-dealkylation sites (N-methyl/N-ethyl adjacent to an activating group) is 1. The average Bonchev–Trinajstić information content (AvgIpc) is 2.56. The number of carbonyl (C=O) groups is 1. The van der Waals surface area contributed by atoms with E-state index in [1.165, 1.54) is 17.0 Å². The quantitative estimate of drug-likeness (QED) is 0.775. The molecule has 1 aromatic rings. The molecule has 2 rings (SSSR count). The van der Waals surface area contributed by atoms with Gasteiger partial charge in [0.1, 0.15) is 5.75 Å². The van der Waals surface area contributed by atoms with Gasteiger partial charge >= 0.3 is 6.36 Å². The fraction of sp³-hybridized carbons (Fsp3) is 0.389. The summed E-state index contributed by atoms with van der Waals surface area (Å²) < 4.78 is 40.0. The Balaban J connectivity index is 0.00000139. The van der Waals surface area contributed by atoms with Crippen molar-refractivity contribution < 1.29 is 22.7 Å². The molecular weight excluding hydrogens is 319 g/mol. The lowest BCUT2D eigenvalue weighted by Crippen LogP contribution is -2.28. The third-order valence-electron chi connectivity index (χ3n) is 3.17. The Kier molecular flexibility index (Phi) is 7.55. The van der Waals surface area contributed by atoms with E-state index in [0.717, 1.165) is 30.5 Å². The van der Waals surface area contributed by atoms with Gasteiger partial charge in [0.25, 0.3) is 5.91 Å². The van der Waals surface area contributed by atoms with Crippen molar-refractivity contribution in [3.8, 4) is 5.75 Å². The van der Waals surface area contributed by atoms with Crippen LogP contribution in [-0.2, 0) is 0 Å². The lowest BCUT2D eigenvalue weighted by atomic mass is 10.1.